The molecule has 0 aliphatic rings. The zero-order valence-electron chi connectivity index (χ0n) is 44.3. The summed E-state index contributed by atoms with van der Waals surface area (Å²) >= 11 is 0. The third-order valence-corrected chi connectivity index (χ3v) is 14.2. The summed E-state index contributed by atoms with van der Waals surface area (Å²) in [5.74, 6) is -0.0166. The molecule has 6 nitrogen and oxygen atoms in total. The van der Waals surface area contributed by atoms with Crippen LogP contribution >= 0.6 is 0 Å². The highest BCUT2D eigenvalue weighted by atomic mass is 16.5. The number of ether oxygens (including phenoxy) is 1. The van der Waals surface area contributed by atoms with E-state index in [0.717, 1.165) is 38.5 Å². The number of nitrogens with one attached hydrogen (secondary N) is 1. The molecule has 0 fully saturated rings. The van der Waals surface area contributed by atoms with E-state index in [9.17, 15) is 19.8 Å². The van der Waals surface area contributed by atoms with E-state index in [-0.39, 0.29) is 18.5 Å². The number of carbonyl (C=O) groups excluding carboxylic acids is 2. The Kier molecular flexibility index (Phi) is 54.5. The van der Waals surface area contributed by atoms with Gasteiger partial charge in [0.05, 0.1) is 25.4 Å². The van der Waals surface area contributed by atoms with Crippen molar-refractivity contribution in [3.63, 3.8) is 0 Å². The van der Waals surface area contributed by atoms with E-state index in [4.69, 9.17) is 4.74 Å². The van der Waals surface area contributed by atoms with Gasteiger partial charge < -0.3 is 20.3 Å². The average Bonchev–Trinajstić information content (AvgIpc) is 3.31. The molecule has 0 saturated carbocycles. The second-order valence-corrected chi connectivity index (χ2v) is 20.7. The van der Waals surface area contributed by atoms with Crippen LogP contribution in [0.15, 0.2) is 0 Å². The van der Waals surface area contributed by atoms with Gasteiger partial charge in [-0.15, -0.1) is 0 Å². The standard InChI is InChI=1S/C59H117NO5/c1-3-5-7-9-11-13-14-15-16-27-30-33-37-41-45-49-53-59(64)65-54-50-46-42-38-34-31-28-25-23-21-19-17-18-20-22-24-26-29-32-36-40-44-48-52-58(63)60-56(55-61)57(62)51-47-43-39-35-12-10-8-6-4-2/h56-57,61-62H,3-55H2,1-2H3,(H,60,63). The fraction of sp³-hybridized carbons (Fsp3) is 0.966. The van der Waals surface area contributed by atoms with Crippen molar-refractivity contribution in [3.05, 3.63) is 0 Å². The van der Waals surface area contributed by atoms with Crippen LogP contribution in [0.5, 0.6) is 0 Å². The van der Waals surface area contributed by atoms with Crippen molar-refractivity contribution >= 4 is 11.9 Å². The second kappa shape index (κ2) is 55.5. The number of esters is 1. The molecule has 0 spiro atoms. The highest BCUT2D eigenvalue weighted by Crippen LogP contribution is 2.18. The first-order chi connectivity index (χ1) is 32.0. The van der Waals surface area contributed by atoms with Crippen LogP contribution < -0.4 is 5.32 Å². The van der Waals surface area contributed by atoms with Crippen LogP contribution in [-0.4, -0.2) is 47.4 Å². The predicted molar refractivity (Wildman–Crippen MR) is 283 cm³/mol. The third-order valence-electron chi connectivity index (χ3n) is 14.2. The molecule has 65 heavy (non-hydrogen) atoms. The van der Waals surface area contributed by atoms with Crippen LogP contribution in [-0.2, 0) is 14.3 Å². The van der Waals surface area contributed by atoms with Gasteiger partial charge in [0.15, 0.2) is 0 Å². The van der Waals surface area contributed by atoms with Gasteiger partial charge in [-0.25, -0.2) is 0 Å². The summed E-state index contributed by atoms with van der Waals surface area (Å²) in [6.45, 7) is 4.96. The summed E-state index contributed by atoms with van der Waals surface area (Å²) in [7, 11) is 0. The topological polar surface area (TPSA) is 95.9 Å². The van der Waals surface area contributed by atoms with Gasteiger partial charge in [0.1, 0.15) is 0 Å². The molecular formula is C59H117NO5. The molecule has 0 aromatic rings. The smallest absolute Gasteiger partial charge is 0.305 e. The Balaban J connectivity index is 3.31. The van der Waals surface area contributed by atoms with Crippen LogP contribution in [0.2, 0.25) is 0 Å². The van der Waals surface area contributed by atoms with E-state index < -0.39 is 12.1 Å². The molecule has 2 atom stereocenters. The Hall–Kier alpha value is -1.14. The van der Waals surface area contributed by atoms with Crippen LogP contribution in [0, 0.1) is 0 Å². The molecule has 3 N–H and O–H groups in total. The van der Waals surface area contributed by atoms with E-state index in [1.54, 1.807) is 0 Å². The predicted octanol–water partition coefficient (Wildman–Crippen LogP) is 18.3. The van der Waals surface area contributed by atoms with Gasteiger partial charge in [0.2, 0.25) is 5.91 Å². The van der Waals surface area contributed by atoms with Crippen molar-refractivity contribution in [2.75, 3.05) is 13.2 Å². The Morgan fingerprint density at radius 1 is 0.369 bits per heavy atom. The van der Waals surface area contributed by atoms with Crippen molar-refractivity contribution in [2.45, 2.75) is 353 Å². The molecule has 0 aliphatic heterocycles. The first-order valence-electron chi connectivity index (χ1n) is 29.8. The Labute approximate surface area is 406 Å². The van der Waals surface area contributed by atoms with E-state index in [1.165, 1.54) is 270 Å². The van der Waals surface area contributed by atoms with E-state index in [1.807, 2.05) is 0 Å². The number of aliphatic hydroxyl groups excluding tert-OH is 2. The van der Waals surface area contributed by atoms with E-state index in [0.29, 0.717) is 25.9 Å². The maximum absolute atomic E-state index is 12.4. The normalized spacial score (nSPS) is 12.5. The quantitative estimate of drug-likeness (QED) is 0.0417. The Bertz CT molecular complexity index is 928. The molecule has 0 saturated heterocycles. The van der Waals surface area contributed by atoms with Crippen molar-refractivity contribution in [2.24, 2.45) is 0 Å². The van der Waals surface area contributed by atoms with Crippen LogP contribution in [0.3, 0.4) is 0 Å². The number of unbranched alkanes of at least 4 members (excludes halogenated alkanes) is 45. The van der Waals surface area contributed by atoms with Crippen LogP contribution in [0.1, 0.15) is 341 Å². The summed E-state index contributed by atoms with van der Waals surface area (Å²) in [6.07, 6.45) is 64.0. The maximum Gasteiger partial charge on any atom is 0.305 e. The zero-order chi connectivity index (χ0) is 47.2. The van der Waals surface area contributed by atoms with Crippen molar-refractivity contribution in [3.8, 4) is 0 Å². The SMILES string of the molecule is CCCCCCCCCCCCCCCCCCC(=O)OCCCCCCCCCCCCCCCCCCCCCCCCCC(=O)NC(CO)C(O)CCCCCCCCCCC. The van der Waals surface area contributed by atoms with Crippen molar-refractivity contribution in [1.82, 2.24) is 5.32 Å². The largest absolute Gasteiger partial charge is 0.466 e. The van der Waals surface area contributed by atoms with Crippen molar-refractivity contribution < 1.29 is 24.5 Å². The van der Waals surface area contributed by atoms with Crippen LogP contribution in [0.25, 0.3) is 0 Å². The molecule has 6 heteroatoms. The minimum atomic E-state index is -0.660. The molecule has 0 bridgehead atoms. The summed E-state index contributed by atoms with van der Waals surface area (Å²) in [5.41, 5.74) is 0. The molecule has 0 heterocycles. The fourth-order valence-corrected chi connectivity index (χ4v) is 9.58. The van der Waals surface area contributed by atoms with Gasteiger partial charge in [-0.05, 0) is 25.7 Å². The monoisotopic (exact) mass is 920 g/mol. The first kappa shape index (κ1) is 63.9. The number of hydrogen-bond acceptors (Lipinski definition) is 5. The molecular weight excluding hydrogens is 803 g/mol. The number of hydrogen-bond donors (Lipinski definition) is 3. The molecule has 2 unspecified atom stereocenters. The van der Waals surface area contributed by atoms with Gasteiger partial charge in [0, 0.05) is 12.8 Å². The lowest BCUT2D eigenvalue weighted by Crippen LogP contribution is -2.45. The molecule has 388 valence electrons. The highest BCUT2D eigenvalue weighted by molar-refractivity contribution is 5.76. The third kappa shape index (κ3) is 52.1. The summed E-state index contributed by atoms with van der Waals surface area (Å²) < 4.78 is 5.49. The lowest BCUT2D eigenvalue weighted by molar-refractivity contribution is -0.143. The summed E-state index contributed by atoms with van der Waals surface area (Å²) in [6, 6.07) is -0.537. The number of aliphatic hydroxyl groups is 2. The van der Waals surface area contributed by atoms with E-state index >= 15 is 0 Å². The molecule has 0 radical (unpaired) electrons. The highest BCUT2D eigenvalue weighted by Gasteiger charge is 2.20. The summed E-state index contributed by atoms with van der Waals surface area (Å²) in [4.78, 5) is 24.5. The van der Waals surface area contributed by atoms with Crippen molar-refractivity contribution in [1.29, 1.82) is 0 Å². The molecule has 0 aliphatic carbocycles. The Morgan fingerprint density at radius 3 is 0.938 bits per heavy atom. The summed E-state index contributed by atoms with van der Waals surface area (Å²) in [5, 5.41) is 23.1. The number of amides is 1. The second-order valence-electron chi connectivity index (χ2n) is 20.7. The van der Waals surface area contributed by atoms with Gasteiger partial charge in [-0.1, -0.05) is 303 Å². The minimum Gasteiger partial charge on any atom is -0.466 e. The molecule has 0 rings (SSSR count). The Morgan fingerprint density at radius 2 is 0.631 bits per heavy atom. The van der Waals surface area contributed by atoms with Gasteiger partial charge in [0.25, 0.3) is 0 Å². The first-order valence-corrected chi connectivity index (χ1v) is 29.8. The lowest BCUT2D eigenvalue weighted by atomic mass is 10.0. The number of rotatable bonds is 56. The van der Waals surface area contributed by atoms with Gasteiger partial charge in [-0.2, -0.15) is 0 Å². The maximum atomic E-state index is 12.4. The van der Waals surface area contributed by atoms with Crippen LogP contribution in [0.4, 0.5) is 0 Å². The zero-order valence-corrected chi connectivity index (χ0v) is 44.3. The van der Waals surface area contributed by atoms with E-state index in [2.05, 4.69) is 19.2 Å². The minimum absolute atomic E-state index is 0.0185. The lowest BCUT2D eigenvalue weighted by Gasteiger charge is -2.22. The van der Waals surface area contributed by atoms with Gasteiger partial charge in [-0.3, -0.25) is 9.59 Å². The fourth-order valence-electron chi connectivity index (χ4n) is 9.58. The molecule has 0 aromatic carbocycles. The van der Waals surface area contributed by atoms with Gasteiger partial charge >= 0.3 is 5.97 Å². The molecule has 1 amide bonds. The average molecular weight is 921 g/mol. The number of carbonyl (C=O) groups is 2. The molecule has 0 aromatic heterocycles.